The molecule has 0 amide bonds. The number of hydrogen-bond donors (Lipinski definition) is 4. The molecule has 0 saturated heterocycles. The molecular weight excluding hydrogens is 268 g/mol. The molecule has 0 fully saturated rings. The molecule has 0 unspecified atom stereocenters. The van der Waals surface area contributed by atoms with Gasteiger partial charge in [-0.15, -0.1) is 11.3 Å². The standard InChI is InChI=1S/C11H12N4O3S/c12-8-6(9(16)15-11(13)14-8)3-1-5-2-4-7(19-5)10(17)18/h2,4H,1,3H2,(H,17,18)(H5,12,13,14,15,16). The highest BCUT2D eigenvalue weighted by molar-refractivity contribution is 7.13. The Morgan fingerprint density at radius 3 is 2.68 bits per heavy atom. The van der Waals surface area contributed by atoms with E-state index in [1.165, 1.54) is 17.4 Å². The van der Waals surface area contributed by atoms with E-state index in [2.05, 4.69) is 9.97 Å². The fraction of sp³-hybridized carbons (Fsp3) is 0.182. The molecule has 0 bridgehead atoms. The van der Waals surface area contributed by atoms with Gasteiger partial charge in [0, 0.05) is 4.88 Å². The van der Waals surface area contributed by atoms with Crippen LogP contribution < -0.4 is 17.0 Å². The lowest BCUT2D eigenvalue weighted by molar-refractivity contribution is 0.0702. The summed E-state index contributed by atoms with van der Waals surface area (Å²) in [6.07, 6.45) is 0.908. The van der Waals surface area contributed by atoms with Crippen LogP contribution in [0.2, 0.25) is 0 Å². The molecule has 2 aromatic heterocycles. The van der Waals surface area contributed by atoms with Gasteiger partial charge in [-0.1, -0.05) is 0 Å². The number of carbonyl (C=O) groups is 1. The number of anilines is 2. The van der Waals surface area contributed by atoms with Crippen LogP contribution in [0.1, 0.15) is 20.1 Å². The number of nitrogens with one attached hydrogen (secondary N) is 1. The summed E-state index contributed by atoms with van der Waals surface area (Å²) in [4.78, 5) is 29.7. The second-order valence-corrected chi connectivity index (χ2v) is 5.05. The van der Waals surface area contributed by atoms with Crippen molar-refractivity contribution in [2.45, 2.75) is 12.8 Å². The Bertz CT molecular complexity index is 677. The van der Waals surface area contributed by atoms with Crippen LogP contribution in [0.5, 0.6) is 0 Å². The number of H-pyrrole nitrogens is 1. The first-order valence-corrected chi connectivity index (χ1v) is 6.25. The number of rotatable bonds is 4. The number of nitrogen functional groups attached to an aromatic ring is 2. The first-order valence-electron chi connectivity index (χ1n) is 5.43. The highest BCUT2D eigenvalue weighted by Gasteiger charge is 2.10. The number of aromatic amines is 1. The van der Waals surface area contributed by atoms with Crippen molar-refractivity contribution in [3.63, 3.8) is 0 Å². The van der Waals surface area contributed by atoms with Crippen molar-refractivity contribution in [3.8, 4) is 0 Å². The van der Waals surface area contributed by atoms with Crippen LogP contribution in [-0.4, -0.2) is 21.0 Å². The van der Waals surface area contributed by atoms with E-state index in [9.17, 15) is 9.59 Å². The van der Waals surface area contributed by atoms with Crippen molar-refractivity contribution >= 4 is 29.1 Å². The fourth-order valence-corrected chi connectivity index (χ4v) is 2.50. The number of aromatic nitrogens is 2. The van der Waals surface area contributed by atoms with Crippen molar-refractivity contribution < 1.29 is 9.90 Å². The van der Waals surface area contributed by atoms with Gasteiger partial charge in [-0.3, -0.25) is 9.78 Å². The SMILES string of the molecule is Nc1nc(N)c(CCc2ccc(C(=O)O)s2)c(=O)[nH]1. The number of nitrogens with zero attached hydrogens (tertiary/aromatic N) is 1. The lowest BCUT2D eigenvalue weighted by atomic mass is 10.1. The predicted molar refractivity (Wildman–Crippen MR) is 72.4 cm³/mol. The summed E-state index contributed by atoms with van der Waals surface area (Å²) in [7, 11) is 0. The van der Waals surface area contributed by atoms with Crippen LogP contribution in [0.15, 0.2) is 16.9 Å². The van der Waals surface area contributed by atoms with Crippen LogP contribution >= 0.6 is 11.3 Å². The molecule has 2 aromatic rings. The number of nitrogens with two attached hydrogens (primary N) is 2. The van der Waals surface area contributed by atoms with E-state index in [-0.39, 0.29) is 22.2 Å². The number of carboxylic acids is 1. The normalized spacial score (nSPS) is 10.5. The molecule has 0 aliphatic carbocycles. The zero-order valence-corrected chi connectivity index (χ0v) is 10.7. The lowest BCUT2D eigenvalue weighted by Gasteiger charge is -2.03. The Balaban J connectivity index is 2.14. The molecule has 2 heterocycles. The Hall–Kier alpha value is -2.35. The van der Waals surface area contributed by atoms with Gasteiger partial charge in [0.15, 0.2) is 0 Å². The third-order valence-corrected chi connectivity index (χ3v) is 3.69. The zero-order chi connectivity index (χ0) is 14.0. The van der Waals surface area contributed by atoms with E-state index in [4.69, 9.17) is 16.6 Å². The van der Waals surface area contributed by atoms with Crippen molar-refractivity contribution in [2.24, 2.45) is 0 Å². The van der Waals surface area contributed by atoms with Crippen LogP contribution in [0.4, 0.5) is 11.8 Å². The van der Waals surface area contributed by atoms with E-state index in [0.29, 0.717) is 18.4 Å². The van der Waals surface area contributed by atoms with E-state index in [1.54, 1.807) is 6.07 Å². The highest BCUT2D eigenvalue weighted by Crippen LogP contribution is 2.18. The van der Waals surface area contributed by atoms with E-state index >= 15 is 0 Å². The maximum absolute atomic E-state index is 11.6. The number of carboxylic acid groups (broad SMARTS) is 1. The molecule has 0 aliphatic heterocycles. The minimum absolute atomic E-state index is 0.0180. The molecule has 0 spiro atoms. The quantitative estimate of drug-likeness (QED) is 0.643. The number of aryl methyl sites for hydroxylation is 1. The number of hydrogen-bond acceptors (Lipinski definition) is 6. The van der Waals surface area contributed by atoms with Gasteiger partial charge >= 0.3 is 5.97 Å². The Kier molecular flexibility index (Phi) is 3.52. The first-order chi connectivity index (χ1) is 8.97. The maximum atomic E-state index is 11.6. The molecular formula is C11H12N4O3S. The maximum Gasteiger partial charge on any atom is 0.345 e. The average molecular weight is 280 g/mol. The molecule has 0 saturated carbocycles. The fourth-order valence-electron chi connectivity index (χ4n) is 1.65. The minimum Gasteiger partial charge on any atom is -0.477 e. The van der Waals surface area contributed by atoms with Gasteiger partial charge in [0.1, 0.15) is 10.7 Å². The molecule has 19 heavy (non-hydrogen) atoms. The summed E-state index contributed by atoms with van der Waals surface area (Å²) >= 11 is 1.18. The molecule has 0 aromatic carbocycles. The lowest BCUT2D eigenvalue weighted by Crippen LogP contribution is -2.19. The van der Waals surface area contributed by atoms with Crippen LogP contribution in [-0.2, 0) is 12.8 Å². The molecule has 0 atom stereocenters. The van der Waals surface area contributed by atoms with Gasteiger partial charge < -0.3 is 16.6 Å². The Morgan fingerprint density at radius 2 is 2.11 bits per heavy atom. The minimum atomic E-state index is -0.956. The monoisotopic (exact) mass is 280 g/mol. The predicted octanol–water partition coefficient (Wildman–Crippen LogP) is 0.479. The molecule has 0 aliphatic rings. The van der Waals surface area contributed by atoms with Gasteiger partial charge in [-0.2, -0.15) is 4.98 Å². The van der Waals surface area contributed by atoms with E-state index in [0.717, 1.165) is 4.88 Å². The third-order valence-electron chi connectivity index (χ3n) is 2.56. The van der Waals surface area contributed by atoms with Crippen molar-refractivity contribution in [1.82, 2.24) is 9.97 Å². The molecule has 100 valence electrons. The van der Waals surface area contributed by atoms with Gasteiger partial charge in [0.05, 0.1) is 5.56 Å². The average Bonchev–Trinajstić information content (AvgIpc) is 2.76. The van der Waals surface area contributed by atoms with E-state index in [1.807, 2.05) is 0 Å². The summed E-state index contributed by atoms with van der Waals surface area (Å²) in [5, 5.41) is 8.81. The van der Waals surface area contributed by atoms with Crippen LogP contribution in [0.3, 0.4) is 0 Å². The largest absolute Gasteiger partial charge is 0.477 e. The van der Waals surface area contributed by atoms with E-state index < -0.39 is 5.97 Å². The molecule has 7 nitrogen and oxygen atoms in total. The third kappa shape index (κ3) is 2.91. The van der Waals surface area contributed by atoms with Crippen LogP contribution in [0.25, 0.3) is 0 Å². The summed E-state index contributed by atoms with van der Waals surface area (Å²) in [6.45, 7) is 0. The molecule has 6 N–H and O–H groups in total. The molecule has 2 rings (SSSR count). The molecule has 8 heteroatoms. The van der Waals surface area contributed by atoms with Crippen molar-refractivity contribution in [2.75, 3.05) is 11.5 Å². The van der Waals surface area contributed by atoms with Crippen molar-refractivity contribution in [1.29, 1.82) is 0 Å². The van der Waals surface area contributed by atoms with Gasteiger partial charge in [0.25, 0.3) is 5.56 Å². The summed E-state index contributed by atoms with van der Waals surface area (Å²) in [5.41, 5.74) is 11.0. The molecule has 0 radical (unpaired) electrons. The van der Waals surface area contributed by atoms with Gasteiger partial charge in [-0.25, -0.2) is 4.79 Å². The number of aromatic carboxylic acids is 1. The van der Waals surface area contributed by atoms with Gasteiger partial charge in [0.2, 0.25) is 5.95 Å². The topological polar surface area (TPSA) is 135 Å². The highest BCUT2D eigenvalue weighted by atomic mass is 32.1. The van der Waals surface area contributed by atoms with Crippen molar-refractivity contribution in [3.05, 3.63) is 37.8 Å². The van der Waals surface area contributed by atoms with Gasteiger partial charge in [-0.05, 0) is 25.0 Å². The summed E-state index contributed by atoms with van der Waals surface area (Å²) < 4.78 is 0. The first kappa shape index (κ1) is 13.1. The summed E-state index contributed by atoms with van der Waals surface area (Å²) in [5.74, 6) is -0.866. The number of thiophene rings is 1. The zero-order valence-electron chi connectivity index (χ0n) is 9.84. The second kappa shape index (κ2) is 5.11. The van der Waals surface area contributed by atoms with Crippen LogP contribution in [0, 0.1) is 0 Å². The second-order valence-electron chi connectivity index (χ2n) is 3.89. The smallest absolute Gasteiger partial charge is 0.345 e. The summed E-state index contributed by atoms with van der Waals surface area (Å²) in [6, 6.07) is 3.26. The Morgan fingerprint density at radius 1 is 1.37 bits per heavy atom. The Labute approximate surface area is 111 Å².